The summed E-state index contributed by atoms with van der Waals surface area (Å²) in [6.45, 7) is 2.60. The molecule has 0 saturated carbocycles. The van der Waals surface area contributed by atoms with E-state index in [0.29, 0.717) is 45.7 Å². The molecule has 3 fully saturated rings. The minimum Gasteiger partial charge on any atom is -0.469 e. The molecule has 7 heteroatoms. The zero-order valence-corrected chi connectivity index (χ0v) is 13.6. The fourth-order valence-electron chi connectivity index (χ4n) is 4.14. The second-order valence-electron chi connectivity index (χ2n) is 6.64. The Morgan fingerprint density at radius 2 is 2.00 bits per heavy atom. The number of methoxy groups -OCH3 is 1. The van der Waals surface area contributed by atoms with Gasteiger partial charge in [0.25, 0.3) is 0 Å². The van der Waals surface area contributed by atoms with Crippen LogP contribution in [0.2, 0.25) is 0 Å². The third-order valence-electron chi connectivity index (χ3n) is 5.47. The lowest BCUT2D eigenvalue weighted by Gasteiger charge is -2.37. The van der Waals surface area contributed by atoms with Gasteiger partial charge < -0.3 is 14.4 Å². The fraction of sp³-hybridized carbons (Fsp3) is 0.812. The minimum atomic E-state index is -0.656. The summed E-state index contributed by atoms with van der Waals surface area (Å²) in [5.74, 6) is -0.195. The lowest BCUT2D eigenvalue weighted by Crippen LogP contribution is -2.48. The number of esters is 1. The van der Waals surface area contributed by atoms with Gasteiger partial charge in [0.2, 0.25) is 5.91 Å². The molecule has 7 nitrogen and oxygen atoms in total. The zero-order chi connectivity index (χ0) is 16.4. The highest BCUT2D eigenvalue weighted by atomic mass is 16.5. The first kappa shape index (κ1) is 16.2. The van der Waals surface area contributed by atoms with Crippen LogP contribution in [0, 0.1) is 11.3 Å². The number of imide groups is 1. The number of amides is 3. The van der Waals surface area contributed by atoms with Gasteiger partial charge in [-0.15, -0.1) is 0 Å². The minimum absolute atomic E-state index is 0.114. The zero-order valence-electron chi connectivity index (χ0n) is 13.6. The molecule has 3 rings (SSSR count). The van der Waals surface area contributed by atoms with Crippen molar-refractivity contribution in [3.8, 4) is 0 Å². The Hall–Kier alpha value is -1.63. The van der Waals surface area contributed by atoms with E-state index in [0.717, 1.165) is 19.3 Å². The molecule has 0 aliphatic carbocycles. The van der Waals surface area contributed by atoms with Gasteiger partial charge in [-0.1, -0.05) is 0 Å². The summed E-state index contributed by atoms with van der Waals surface area (Å²) in [6.07, 6.45) is 3.36. The summed E-state index contributed by atoms with van der Waals surface area (Å²) in [4.78, 5) is 39.9. The second kappa shape index (κ2) is 6.47. The summed E-state index contributed by atoms with van der Waals surface area (Å²) in [5, 5.41) is 0. The maximum atomic E-state index is 12.6. The molecule has 0 N–H and O–H groups in total. The molecule has 0 spiro atoms. The van der Waals surface area contributed by atoms with E-state index >= 15 is 0 Å². The van der Waals surface area contributed by atoms with E-state index in [1.54, 1.807) is 4.90 Å². The molecular weight excluding hydrogens is 300 g/mol. The normalized spacial score (nSPS) is 29.2. The Bertz CT molecular complexity index is 503. The van der Waals surface area contributed by atoms with Crippen molar-refractivity contribution in [1.82, 2.24) is 9.80 Å². The third-order valence-corrected chi connectivity index (χ3v) is 5.47. The van der Waals surface area contributed by atoms with Gasteiger partial charge in [-0.25, -0.2) is 4.79 Å². The van der Waals surface area contributed by atoms with Crippen LogP contribution in [0.15, 0.2) is 0 Å². The predicted octanol–water partition coefficient (Wildman–Crippen LogP) is 1.02. The molecule has 0 aromatic heterocycles. The molecule has 0 aromatic carbocycles. The fourth-order valence-corrected chi connectivity index (χ4v) is 4.14. The number of likely N-dealkylation sites (tertiary alicyclic amines) is 2. The van der Waals surface area contributed by atoms with E-state index in [1.807, 2.05) is 0 Å². The van der Waals surface area contributed by atoms with Gasteiger partial charge in [0.1, 0.15) is 0 Å². The van der Waals surface area contributed by atoms with Crippen molar-refractivity contribution in [3.05, 3.63) is 0 Å². The standard InChI is InChI=1S/C16H24N2O5/c1-22-14(20)16(12-4-9-23-10-5-12)6-8-17(11-16)15(21)18-7-2-3-13(18)19/h12H,2-11H2,1H3. The molecular formula is C16H24N2O5. The predicted molar refractivity (Wildman–Crippen MR) is 80.5 cm³/mol. The van der Waals surface area contributed by atoms with Crippen molar-refractivity contribution in [2.24, 2.45) is 11.3 Å². The number of ether oxygens (including phenoxy) is 2. The number of rotatable bonds is 2. The Balaban J connectivity index is 1.76. The van der Waals surface area contributed by atoms with Gasteiger partial charge in [0.05, 0.1) is 12.5 Å². The summed E-state index contributed by atoms with van der Waals surface area (Å²) in [5.41, 5.74) is -0.656. The first-order chi connectivity index (χ1) is 11.1. The molecule has 3 saturated heterocycles. The Kier molecular flexibility index (Phi) is 4.57. The van der Waals surface area contributed by atoms with Crippen molar-refractivity contribution in [2.75, 3.05) is 40.0 Å². The van der Waals surface area contributed by atoms with E-state index < -0.39 is 5.41 Å². The maximum absolute atomic E-state index is 12.6. The van der Waals surface area contributed by atoms with Crippen LogP contribution >= 0.6 is 0 Å². The number of carbonyl (C=O) groups is 3. The van der Waals surface area contributed by atoms with E-state index in [-0.39, 0.29) is 23.8 Å². The quantitative estimate of drug-likeness (QED) is 0.709. The van der Waals surface area contributed by atoms with Gasteiger partial charge in [0.15, 0.2) is 0 Å². The Morgan fingerprint density at radius 3 is 2.61 bits per heavy atom. The van der Waals surface area contributed by atoms with Gasteiger partial charge in [-0.3, -0.25) is 14.5 Å². The topological polar surface area (TPSA) is 76.2 Å². The summed E-state index contributed by atoms with van der Waals surface area (Å²) in [6, 6.07) is -0.259. The van der Waals surface area contributed by atoms with Crippen molar-refractivity contribution in [3.63, 3.8) is 0 Å². The lowest BCUT2D eigenvalue weighted by molar-refractivity contribution is -0.157. The van der Waals surface area contributed by atoms with Crippen molar-refractivity contribution in [2.45, 2.75) is 32.1 Å². The van der Waals surface area contributed by atoms with Crippen LogP contribution in [0.1, 0.15) is 32.1 Å². The first-order valence-electron chi connectivity index (χ1n) is 8.34. The number of urea groups is 1. The van der Waals surface area contributed by atoms with Gasteiger partial charge in [-0.05, 0) is 31.6 Å². The number of hydrogen-bond acceptors (Lipinski definition) is 5. The summed E-state index contributed by atoms with van der Waals surface area (Å²) < 4.78 is 10.5. The lowest BCUT2D eigenvalue weighted by atomic mass is 9.71. The van der Waals surface area contributed by atoms with Crippen LogP contribution in [0.5, 0.6) is 0 Å². The van der Waals surface area contributed by atoms with Crippen LogP contribution < -0.4 is 0 Å². The molecule has 0 bridgehead atoms. The van der Waals surface area contributed by atoms with Gasteiger partial charge in [-0.2, -0.15) is 0 Å². The van der Waals surface area contributed by atoms with Crippen LogP contribution in [-0.4, -0.2) is 67.7 Å². The molecule has 1 unspecified atom stereocenters. The monoisotopic (exact) mass is 324 g/mol. The Morgan fingerprint density at radius 1 is 1.26 bits per heavy atom. The molecule has 3 amide bonds. The van der Waals surface area contributed by atoms with E-state index in [9.17, 15) is 14.4 Å². The average molecular weight is 324 g/mol. The smallest absolute Gasteiger partial charge is 0.326 e. The highest BCUT2D eigenvalue weighted by Crippen LogP contribution is 2.44. The van der Waals surface area contributed by atoms with Crippen molar-refractivity contribution >= 4 is 17.9 Å². The van der Waals surface area contributed by atoms with Gasteiger partial charge in [0, 0.05) is 39.3 Å². The van der Waals surface area contributed by atoms with E-state index in [1.165, 1.54) is 12.0 Å². The molecule has 3 heterocycles. The molecule has 1 atom stereocenters. The van der Waals surface area contributed by atoms with Gasteiger partial charge >= 0.3 is 12.0 Å². The van der Waals surface area contributed by atoms with E-state index in [4.69, 9.17) is 9.47 Å². The highest BCUT2D eigenvalue weighted by molar-refractivity contribution is 5.96. The van der Waals surface area contributed by atoms with Crippen LogP contribution in [0.25, 0.3) is 0 Å². The maximum Gasteiger partial charge on any atom is 0.326 e. The van der Waals surface area contributed by atoms with Crippen LogP contribution in [0.4, 0.5) is 4.79 Å². The molecule has 3 aliphatic rings. The second-order valence-corrected chi connectivity index (χ2v) is 6.64. The molecule has 128 valence electrons. The Labute approximate surface area is 135 Å². The summed E-state index contributed by atoms with van der Waals surface area (Å²) in [7, 11) is 1.40. The SMILES string of the molecule is COC(=O)C1(C2CCOCC2)CCN(C(=O)N2CCCC2=O)C1. The van der Waals surface area contributed by atoms with Crippen molar-refractivity contribution in [1.29, 1.82) is 0 Å². The van der Waals surface area contributed by atoms with Crippen LogP contribution in [0.3, 0.4) is 0 Å². The number of nitrogens with zero attached hydrogens (tertiary/aromatic N) is 2. The third kappa shape index (κ3) is 2.82. The highest BCUT2D eigenvalue weighted by Gasteiger charge is 2.53. The number of carbonyl (C=O) groups excluding carboxylic acids is 3. The molecule has 23 heavy (non-hydrogen) atoms. The largest absolute Gasteiger partial charge is 0.469 e. The molecule has 3 aliphatic heterocycles. The number of hydrogen-bond donors (Lipinski definition) is 0. The first-order valence-corrected chi connectivity index (χ1v) is 8.34. The van der Waals surface area contributed by atoms with Crippen LogP contribution in [-0.2, 0) is 19.1 Å². The molecule has 0 radical (unpaired) electrons. The molecule has 0 aromatic rings. The summed E-state index contributed by atoms with van der Waals surface area (Å²) >= 11 is 0. The van der Waals surface area contributed by atoms with Crippen molar-refractivity contribution < 1.29 is 23.9 Å². The van der Waals surface area contributed by atoms with E-state index in [2.05, 4.69) is 0 Å². The average Bonchev–Trinajstić information content (AvgIpc) is 3.22.